The van der Waals surface area contributed by atoms with Crippen LogP contribution >= 0.6 is 23.1 Å². The zero-order chi connectivity index (χ0) is 21.9. The highest BCUT2D eigenvalue weighted by Gasteiger charge is 2.22. The van der Waals surface area contributed by atoms with Crippen LogP contribution in [0.3, 0.4) is 0 Å². The summed E-state index contributed by atoms with van der Waals surface area (Å²) in [6.45, 7) is 4.27. The molecule has 0 spiro atoms. The fraction of sp³-hybridized carbons (Fsp3) is 0.478. The Hall–Kier alpha value is -2.23. The number of aryl methyl sites for hydroxylation is 2. The number of aromatic nitrogens is 3. The number of hydrogen-bond acceptors (Lipinski definition) is 7. The summed E-state index contributed by atoms with van der Waals surface area (Å²) < 4.78 is 0. The van der Waals surface area contributed by atoms with Crippen LogP contribution in [0.25, 0.3) is 10.2 Å². The number of thiophene rings is 1. The van der Waals surface area contributed by atoms with E-state index in [1.54, 1.807) is 23.1 Å². The number of nitrogens with one attached hydrogen (secondary N) is 1. The number of amides is 1. The molecule has 0 saturated carbocycles. The average molecular weight is 470 g/mol. The molecule has 3 aromatic heterocycles. The van der Waals surface area contributed by atoms with Crippen molar-refractivity contribution in [3.63, 3.8) is 0 Å². The molecule has 5 rings (SSSR count). The van der Waals surface area contributed by atoms with Crippen LogP contribution in [0.4, 0.5) is 0 Å². The number of aromatic amines is 1. The van der Waals surface area contributed by atoms with Crippen LogP contribution in [-0.2, 0) is 29.9 Å². The lowest BCUT2D eigenvalue weighted by Gasteiger charge is -2.34. The van der Waals surface area contributed by atoms with E-state index in [4.69, 9.17) is 0 Å². The summed E-state index contributed by atoms with van der Waals surface area (Å²) in [5, 5.41) is 0.800. The van der Waals surface area contributed by atoms with Crippen LogP contribution in [0.1, 0.15) is 34.7 Å². The first-order valence-electron chi connectivity index (χ1n) is 11.2. The molecule has 0 aromatic carbocycles. The Morgan fingerprint density at radius 3 is 2.78 bits per heavy atom. The number of nitrogens with zero attached hydrogens (tertiary/aromatic N) is 4. The van der Waals surface area contributed by atoms with Crippen LogP contribution in [-0.4, -0.2) is 62.6 Å². The number of carbonyl (C=O) groups excluding carboxylic acids is 1. The predicted octanol–water partition coefficient (Wildman–Crippen LogP) is 2.84. The zero-order valence-corrected chi connectivity index (χ0v) is 19.6. The minimum absolute atomic E-state index is 0.00860. The van der Waals surface area contributed by atoms with Crippen molar-refractivity contribution in [2.45, 2.75) is 38.0 Å². The smallest absolute Gasteiger partial charge is 0.259 e. The third-order valence-corrected chi connectivity index (χ3v) is 8.36. The molecule has 0 unspecified atom stereocenters. The Balaban J connectivity index is 1.06. The van der Waals surface area contributed by atoms with Gasteiger partial charge in [0.05, 0.1) is 11.1 Å². The number of pyridine rings is 1. The van der Waals surface area contributed by atoms with E-state index in [9.17, 15) is 9.59 Å². The van der Waals surface area contributed by atoms with E-state index in [1.165, 1.54) is 16.0 Å². The summed E-state index contributed by atoms with van der Waals surface area (Å²) in [5.41, 5.74) is 2.46. The number of thioether (sulfide) groups is 1. The molecule has 1 saturated heterocycles. The molecule has 1 amide bonds. The molecule has 1 aliphatic carbocycles. The first-order chi connectivity index (χ1) is 15.7. The normalized spacial score (nSPS) is 16.6. The predicted molar refractivity (Wildman–Crippen MR) is 129 cm³/mol. The molecule has 1 fully saturated rings. The van der Waals surface area contributed by atoms with Gasteiger partial charge in [0.15, 0.2) is 0 Å². The second-order valence-electron chi connectivity index (χ2n) is 8.37. The highest BCUT2D eigenvalue weighted by molar-refractivity contribution is 7.98. The second kappa shape index (κ2) is 9.72. The number of piperazine rings is 1. The molecular weight excluding hydrogens is 442 g/mol. The van der Waals surface area contributed by atoms with Crippen LogP contribution in [0.5, 0.6) is 0 Å². The Labute approximate surface area is 195 Å². The first kappa shape index (κ1) is 21.6. The second-order valence-corrected chi connectivity index (χ2v) is 10.6. The Bertz CT molecular complexity index is 1150. The lowest BCUT2D eigenvalue weighted by molar-refractivity contribution is -0.132. The third-order valence-electron chi connectivity index (χ3n) is 6.20. The van der Waals surface area contributed by atoms with Crippen molar-refractivity contribution in [3.05, 3.63) is 56.7 Å². The van der Waals surface area contributed by atoms with E-state index < -0.39 is 0 Å². The fourth-order valence-corrected chi connectivity index (χ4v) is 6.58. The molecule has 2 aliphatic rings. The van der Waals surface area contributed by atoms with Gasteiger partial charge in [-0.1, -0.05) is 0 Å². The number of fused-ring (bicyclic) bond motifs is 3. The van der Waals surface area contributed by atoms with Crippen LogP contribution in [0, 0.1) is 0 Å². The van der Waals surface area contributed by atoms with E-state index in [1.807, 2.05) is 29.4 Å². The van der Waals surface area contributed by atoms with Gasteiger partial charge in [0, 0.05) is 62.2 Å². The zero-order valence-electron chi connectivity index (χ0n) is 18.0. The molecule has 32 heavy (non-hydrogen) atoms. The highest BCUT2D eigenvalue weighted by Crippen LogP contribution is 2.34. The number of rotatable bonds is 7. The maximum atomic E-state index is 12.6. The van der Waals surface area contributed by atoms with Crippen molar-refractivity contribution in [1.29, 1.82) is 0 Å². The topological polar surface area (TPSA) is 82.2 Å². The standard InChI is InChI=1S/C23H27N5O2S2/c29-20(28-11-9-27(10-12-28)14-16-4-7-24-8-5-16)6-13-31-15-19-25-22(30)21-17-2-1-3-18(17)32-23(21)26-19/h4-5,7-8H,1-3,6,9-15H2,(H,25,26,30). The number of carbonyl (C=O) groups is 1. The molecule has 0 atom stereocenters. The van der Waals surface area contributed by atoms with Crippen molar-refractivity contribution in [3.8, 4) is 0 Å². The van der Waals surface area contributed by atoms with Gasteiger partial charge < -0.3 is 9.88 Å². The summed E-state index contributed by atoms with van der Waals surface area (Å²) in [7, 11) is 0. The van der Waals surface area contributed by atoms with Crippen molar-refractivity contribution >= 4 is 39.2 Å². The molecule has 0 radical (unpaired) electrons. The minimum Gasteiger partial charge on any atom is -0.340 e. The molecule has 9 heteroatoms. The summed E-state index contributed by atoms with van der Waals surface area (Å²) in [4.78, 5) is 43.4. The van der Waals surface area contributed by atoms with E-state index in [-0.39, 0.29) is 11.5 Å². The van der Waals surface area contributed by atoms with Gasteiger partial charge in [0.2, 0.25) is 5.91 Å². The number of hydrogen-bond donors (Lipinski definition) is 1. The van der Waals surface area contributed by atoms with Gasteiger partial charge in [-0.05, 0) is 42.5 Å². The van der Waals surface area contributed by atoms with Crippen molar-refractivity contribution < 1.29 is 4.79 Å². The molecule has 7 nitrogen and oxygen atoms in total. The minimum atomic E-state index is -0.00860. The Kier molecular flexibility index (Phi) is 6.56. The first-order valence-corrected chi connectivity index (χ1v) is 13.1. The summed E-state index contributed by atoms with van der Waals surface area (Å²) in [5.74, 6) is 2.29. The molecule has 3 aromatic rings. The van der Waals surface area contributed by atoms with E-state index in [0.717, 1.165) is 68.0 Å². The third kappa shape index (κ3) is 4.74. The summed E-state index contributed by atoms with van der Waals surface area (Å²) in [6.07, 6.45) is 7.37. The maximum absolute atomic E-state index is 12.6. The molecule has 1 N–H and O–H groups in total. The fourth-order valence-electron chi connectivity index (χ4n) is 4.50. The van der Waals surface area contributed by atoms with Crippen LogP contribution in [0.15, 0.2) is 29.3 Å². The molecule has 168 valence electrons. The van der Waals surface area contributed by atoms with Gasteiger partial charge in [-0.15, -0.1) is 11.3 Å². The highest BCUT2D eigenvalue weighted by atomic mass is 32.2. The maximum Gasteiger partial charge on any atom is 0.259 e. The van der Waals surface area contributed by atoms with Crippen molar-refractivity contribution in [2.75, 3.05) is 31.9 Å². The van der Waals surface area contributed by atoms with Gasteiger partial charge >= 0.3 is 0 Å². The summed E-state index contributed by atoms with van der Waals surface area (Å²) in [6, 6.07) is 4.08. The van der Waals surface area contributed by atoms with Gasteiger partial charge in [0.25, 0.3) is 5.56 Å². The Morgan fingerprint density at radius 1 is 1.16 bits per heavy atom. The van der Waals surface area contributed by atoms with E-state index in [0.29, 0.717) is 18.0 Å². The largest absolute Gasteiger partial charge is 0.340 e. The molecule has 0 bridgehead atoms. The monoisotopic (exact) mass is 469 g/mol. The van der Waals surface area contributed by atoms with Crippen LogP contribution in [0.2, 0.25) is 0 Å². The quantitative estimate of drug-likeness (QED) is 0.536. The van der Waals surface area contributed by atoms with E-state index in [2.05, 4.69) is 19.9 Å². The van der Waals surface area contributed by atoms with Crippen molar-refractivity contribution in [2.24, 2.45) is 0 Å². The lowest BCUT2D eigenvalue weighted by atomic mass is 10.2. The average Bonchev–Trinajstić information content (AvgIpc) is 3.39. The van der Waals surface area contributed by atoms with E-state index >= 15 is 0 Å². The SMILES string of the molecule is O=C(CCSCc1nc2sc3c(c2c(=O)[nH]1)CCC3)N1CCN(Cc2ccncc2)CC1. The van der Waals surface area contributed by atoms with Gasteiger partial charge in [-0.2, -0.15) is 11.8 Å². The molecular formula is C23H27N5O2S2. The molecule has 1 aliphatic heterocycles. The van der Waals surface area contributed by atoms with Gasteiger partial charge in [-0.3, -0.25) is 19.5 Å². The molecule has 4 heterocycles. The summed E-state index contributed by atoms with van der Waals surface area (Å²) >= 11 is 3.33. The van der Waals surface area contributed by atoms with Gasteiger partial charge in [0.1, 0.15) is 10.7 Å². The number of H-pyrrole nitrogens is 1. The van der Waals surface area contributed by atoms with Crippen LogP contribution < -0.4 is 5.56 Å². The van der Waals surface area contributed by atoms with Gasteiger partial charge in [-0.25, -0.2) is 4.98 Å². The van der Waals surface area contributed by atoms with Crippen molar-refractivity contribution in [1.82, 2.24) is 24.8 Å². The Morgan fingerprint density at radius 2 is 1.97 bits per heavy atom. The lowest BCUT2D eigenvalue weighted by Crippen LogP contribution is -2.48.